The number of fused-ring (bicyclic) bond motifs is 1. The molecule has 2 heterocycles. The van der Waals surface area contributed by atoms with E-state index in [1.165, 1.54) is 73.6 Å². The molecule has 2 saturated heterocycles. The van der Waals surface area contributed by atoms with E-state index < -0.39 is 12.1 Å². The molecule has 292 valence electrons. The van der Waals surface area contributed by atoms with Gasteiger partial charge in [0.15, 0.2) is 0 Å². The van der Waals surface area contributed by atoms with Crippen LogP contribution in [0.3, 0.4) is 0 Å². The Morgan fingerprint density at radius 2 is 1.87 bits per heavy atom. The number of benzene rings is 1. The number of amides is 2. The van der Waals surface area contributed by atoms with Crippen LogP contribution < -0.4 is 5.32 Å². The Labute approximate surface area is 325 Å². The molecule has 2 amide bonds. The van der Waals surface area contributed by atoms with Gasteiger partial charge in [-0.1, -0.05) is 98.7 Å². The highest BCUT2D eigenvalue weighted by atomic mass is 35.5. The highest BCUT2D eigenvalue weighted by molar-refractivity contribution is 6.30. The van der Waals surface area contributed by atoms with Gasteiger partial charge in [-0.2, -0.15) is 0 Å². The third-order valence-electron chi connectivity index (χ3n) is 11.3. The molecule has 3 aliphatic carbocycles. The lowest BCUT2D eigenvalue weighted by molar-refractivity contribution is -0.149. The summed E-state index contributed by atoms with van der Waals surface area (Å²) in [6.45, 7) is 11.0. The van der Waals surface area contributed by atoms with Crippen molar-refractivity contribution in [2.75, 3.05) is 39.8 Å². The quantitative estimate of drug-likeness (QED) is 0.260. The number of unbranched alkanes of at least 4 members (excludes halogenated alkanes) is 2. The number of rotatable bonds is 8. The van der Waals surface area contributed by atoms with Crippen LogP contribution in [0.15, 0.2) is 78.2 Å². The zero-order valence-corrected chi connectivity index (χ0v) is 33.7. The van der Waals surface area contributed by atoms with Gasteiger partial charge in [0.25, 0.3) is 0 Å². The van der Waals surface area contributed by atoms with Crippen LogP contribution in [0.2, 0.25) is 5.02 Å². The first kappa shape index (κ1) is 42.6. The molecule has 2 N–H and O–H groups in total. The molecule has 1 saturated carbocycles. The molecule has 1 unspecified atom stereocenters. The topological polar surface area (TPSA) is 76.1 Å². The lowest BCUT2D eigenvalue weighted by atomic mass is 9.86. The number of aliphatic hydroxyl groups is 1. The van der Waals surface area contributed by atoms with Gasteiger partial charge in [0.1, 0.15) is 6.04 Å². The number of allylic oxidation sites excluding steroid dienone is 7. The summed E-state index contributed by atoms with van der Waals surface area (Å²) < 4.78 is 0. The molecule has 53 heavy (non-hydrogen) atoms. The van der Waals surface area contributed by atoms with Crippen molar-refractivity contribution in [3.8, 4) is 0 Å². The number of likely N-dealkylation sites (tertiary alicyclic amines) is 1. The van der Waals surface area contributed by atoms with E-state index in [1.54, 1.807) is 21.6 Å². The summed E-state index contributed by atoms with van der Waals surface area (Å²) >= 11 is 6.12. The van der Waals surface area contributed by atoms with Crippen LogP contribution in [0, 0.1) is 5.92 Å². The van der Waals surface area contributed by atoms with Crippen molar-refractivity contribution in [2.45, 2.75) is 129 Å². The average molecular weight is 748 g/mol. The van der Waals surface area contributed by atoms with Crippen molar-refractivity contribution in [1.29, 1.82) is 0 Å². The second-order valence-corrected chi connectivity index (χ2v) is 16.0. The van der Waals surface area contributed by atoms with Crippen molar-refractivity contribution >= 4 is 23.4 Å². The van der Waals surface area contributed by atoms with Crippen LogP contribution in [0.4, 0.5) is 0 Å². The van der Waals surface area contributed by atoms with Gasteiger partial charge < -0.3 is 25.1 Å². The van der Waals surface area contributed by atoms with Gasteiger partial charge in [0, 0.05) is 51.2 Å². The Bertz CT molecular complexity index is 1460. The van der Waals surface area contributed by atoms with E-state index in [4.69, 9.17) is 11.6 Å². The van der Waals surface area contributed by atoms with Crippen molar-refractivity contribution in [3.63, 3.8) is 0 Å². The first-order chi connectivity index (χ1) is 25.7. The number of aryl methyl sites for hydroxylation is 1. The van der Waals surface area contributed by atoms with Gasteiger partial charge in [-0.05, 0) is 118 Å². The number of aliphatic hydroxyl groups excluding tert-OH is 1. The summed E-state index contributed by atoms with van der Waals surface area (Å²) in [7, 11) is 1.98. The van der Waals surface area contributed by atoms with E-state index in [0.29, 0.717) is 38.5 Å². The lowest BCUT2D eigenvalue weighted by Gasteiger charge is -2.40. The fraction of sp³-hybridized carbons (Fsp3) is 0.600. The number of nitrogens with one attached hydrogen (secondary N) is 1. The van der Waals surface area contributed by atoms with Gasteiger partial charge in [-0.3, -0.25) is 9.59 Å². The number of halogens is 1. The average Bonchev–Trinajstić information content (AvgIpc) is 3.33. The number of carbonyl (C=O) groups excluding carboxylic acids is 2. The first-order valence-corrected chi connectivity index (χ1v) is 20.9. The van der Waals surface area contributed by atoms with Crippen LogP contribution in [-0.4, -0.2) is 83.5 Å². The molecule has 0 radical (unpaired) electrons. The summed E-state index contributed by atoms with van der Waals surface area (Å²) in [5.74, 6) is 0.631. The third kappa shape index (κ3) is 14.2. The molecule has 7 nitrogen and oxygen atoms in total. The Morgan fingerprint density at radius 1 is 1.06 bits per heavy atom. The monoisotopic (exact) mass is 746 g/mol. The largest absolute Gasteiger partial charge is 0.391 e. The van der Waals surface area contributed by atoms with E-state index in [0.717, 1.165) is 56.5 Å². The van der Waals surface area contributed by atoms with Crippen molar-refractivity contribution in [2.24, 2.45) is 5.92 Å². The maximum atomic E-state index is 12.9. The van der Waals surface area contributed by atoms with Gasteiger partial charge in [0.2, 0.25) is 11.8 Å². The number of carbonyl (C=O) groups is 2. The molecular weight excluding hydrogens is 680 g/mol. The standard InChI is InChI=1S/C18H19Cl.C18H31N3O3.C9H17N/c1-13-3-2-4-14-7-8-17-12-18(19)10-9-16(17)11-15(14)6-5-13;22-15-7-4-9-20(13-15)18(24)16-12-19-8-10-21(16)17(23)11-14-5-2-1-3-6-14;1-4-6-7-8-9-10(3)5-2/h2-4,9-10,12H,5-8,11H2,1H3;14-16,19,22H,1-13H2;5,8-9H,2,4,6-7H2,1,3H3/b4-2-,13-3+;;9-8-/t;15?,16-;/m.1./s1. The van der Waals surface area contributed by atoms with Crippen molar-refractivity contribution < 1.29 is 14.7 Å². The Balaban J connectivity index is 0.000000193. The molecule has 8 heteroatoms. The molecular formula is C45H67ClN4O3. The zero-order chi connectivity index (χ0) is 38.0. The molecule has 5 aliphatic rings. The minimum Gasteiger partial charge on any atom is -0.391 e. The minimum absolute atomic E-state index is 0.00190. The van der Waals surface area contributed by atoms with Crippen LogP contribution >= 0.6 is 11.6 Å². The minimum atomic E-state index is -0.425. The lowest BCUT2D eigenvalue weighted by Crippen LogP contribution is -2.61. The molecule has 2 atom stereocenters. The van der Waals surface area contributed by atoms with Crippen LogP contribution in [0.1, 0.15) is 115 Å². The van der Waals surface area contributed by atoms with Crippen LogP contribution in [0.5, 0.6) is 0 Å². The second-order valence-electron chi connectivity index (χ2n) is 15.6. The molecule has 1 aromatic rings. The second kappa shape index (κ2) is 22.9. The molecule has 0 aromatic heterocycles. The number of β-amino-alcohol motifs (C(OH)–C–C–N with tert-alkyl or cyclic N) is 1. The molecule has 0 bridgehead atoms. The third-order valence-corrected chi connectivity index (χ3v) is 11.5. The molecule has 2 aliphatic heterocycles. The fourth-order valence-corrected chi connectivity index (χ4v) is 8.16. The summed E-state index contributed by atoms with van der Waals surface area (Å²) in [6, 6.07) is 5.97. The van der Waals surface area contributed by atoms with E-state index in [1.807, 2.05) is 24.2 Å². The van der Waals surface area contributed by atoms with E-state index in [9.17, 15) is 14.7 Å². The van der Waals surface area contributed by atoms with Gasteiger partial charge in [-0.15, -0.1) is 0 Å². The molecule has 0 spiro atoms. The molecule has 1 aromatic carbocycles. The van der Waals surface area contributed by atoms with Crippen molar-refractivity contribution in [1.82, 2.24) is 20.0 Å². The van der Waals surface area contributed by atoms with Crippen molar-refractivity contribution in [3.05, 3.63) is 94.4 Å². The number of hydrogen-bond acceptors (Lipinski definition) is 5. The Hall–Kier alpha value is -3.13. The number of piperidine rings is 1. The summed E-state index contributed by atoms with van der Waals surface area (Å²) in [4.78, 5) is 31.2. The normalized spacial score (nSPS) is 23.7. The van der Waals surface area contributed by atoms with Crippen LogP contribution in [-0.2, 0) is 22.4 Å². The van der Waals surface area contributed by atoms with Crippen LogP contribution in [0.25, 0.3) is 0 Å². The Morgan fingerprint density at radius 3 is 2.62 bits per heavy atom. The molecule has 6 rings (SSSR count). The first-order valence-electron chi connectivity index (χ1n) is 20.5. The van der Waals surface area contributed by atoms with E-state index in [-0.39, 0.29) is 11.8 Å². The van der Waals surface area contributed by atoms with E-state index in [2.05, 4.69) is 62.2 Å². The van der Waals surface area contributed by atoms with Gasteiger partial charge in [0.05, 0.1) is 6.10 Å². The fourth-order valence-electron chi connectivity index (χ4n) is 7.97. The zero-order valence-electron chi connectivity index (χ0n) is 33.0. The maximum Gasteiger partial charge on any atom is 0.246 e. The summed E-state index contributed by atoms with van der Waals surface area (Å²) in [5.41, 5.74) is 7.52. The summed E-state index contributed by atoms with van der Waals surface area (Å²) in [5, 5.41) is 13.9. The number of nitrogens with zero attached hydrogens (tertiary/aromatic N) is 3. The smallest absolute Gasteiger partial charge is 0.246 e. The van der Waals surface area contributed by atoms with Gasteiger partial charge in [-0.25, -0.2) is 0 Å². The summed E-state index contributed by atoms with van der Waals surface area (Å²) in [6.07, 6.45) is 30.0. The predicted octanol–water partition coefficient (Wildman–Crippen LogP) is 8.93. The van der Waals surface area contributed by atoms with E-state index >= 15 is 0 Å². The van der Waals surface area contributed by atoms with Gasteiger partial charge >= 0.3 is 0 Å². The SMILES string of the molecule is C/C1=C\C=C/C2=C(CC1)Cc1ccc(Cl)cc1CC2.C=CN(C)/C=C\CCCC.O=C([C@H]1CNCCN1C(=O)CC1CCCCC1)N1CCCC(O)C1. The molecule has 3 fully saturated rings. The highest BCUT2D eigenvalue weighted by Gasteiger charge is 2.36. The maximum absolute atomic E-state index is 12.9. The number of hydrogen-bond donors (Lipinski definition) is 2. The highest BCUT2D eigenvalue weighted by Crippen LogP contribution is 2.32. The number of piperazine rings is 1. The predicted molar refractivity (Wildman–Crippen MR) is 221 cm³/mol. The Kier molecular flexibility index (Phi) is 18.4.